The molecule has 7 heteroatoms. The molecule has 0 radical (unpaired) electrons. The predicted octanol–water partition coefficient (Wildman–Crippen LogP) is 2.34. The van der Waals surface area contributed by atoms with Gasteiger partial charge in [-0.05, 0) is 44.9 Å². The number of amides is 1. The molecule has 1 aliphatic heterocycles. The summed E-state index contributed by atoms with van der Waals surface area (Å²) in [5.74, 6) is 1.25. The molecular formula is C19H33IN4O2. The molecule has 3 rings (SSSR count). The summed E-state index contributed by atoms with van der Waals surface area (Å²) in [5.41, 5.74) is 1.46. The number of ether oxygens (including phenoxy) is 1. The maximum absolute atomic E-state index is 12.3. The Morgan fingerprint density at radius 1 is 1.23 bits per heavy atom. The monoisotopic (exact) mass is 476 g/mol. The van der Waals surface area contributed by atoms with E-state index in [0.29, 0.717) is 12.1 Å². The number of nitrogens with zero attached hydrogens (tertiary/aromatic N) is 1. The summed E-state index contributed by atoms with van der Waals surface area (Å²) in [6, 6.07) is 0.784. The molecule has 148 valence electrons. The fourth-order valence-electron chi connectivity index (χ4n) is 3.63. The predicted molar refractivity (Wildman–Crippen MR) is 115 cm³/mol. The van der Waals surface area contributed by atoms with E-state index in [-0.39, 0.29) is 35.8 Å². The van der Waals surface area contributed by atoms with Crippen LogP contribution in [0.2, 0.25) is 0 Å². The van der Waals surface area contributed by atoms with Gasteiger partial charge in [-0.15, -0.1) is 24.0 Å². The lowest BCUT2D eigenvalue weighted by Crippen LogP contribution is -2.47. The lowest BCUT2D eigenvalue weighted by Gasteiger charge is -2.30. The maximum atomic E-state index is 12.3. The molecule has 3 N–H and O–H groups in total. The van der Waals surface area contributed by atoms with Crippen LogP contribution in [-0.2, 0) is 9.53 Å². The van der Waals surface area contributed by atoms with Gasteiger partial charge in [-0.3, -0.25) is 9.79 Å². The van der Waals surface area contributed by atoms with Gasteiger partial charge in [0.2, 0.25) is 5.91 Å². The molecule has 0 aromatic rings. The van der Waals surface area contributed by atoms with Crippen molar-refractivity contribution in [3.8, 4) is 0 Å². The van der Waals surface area contributed by atoms with Gasteiger partial charge in [-0.1, -0.05) is 18.1 Å². The largest absolute Gasteiger partial charge is 0.377 e. The van der Waals surface area contributed by atoms with E-state index in [4.69, 9.17) is 4.74 Å². The molecule has 2 unspecified atom stereocenters. The Morgan fingerprint density at radius 3 is 2.77 bits per heavy atom. The number of rotatable bonds is 6. The number of nitrogens with one attached hydrogen (secondary N) is 3. The summed E-state index contributed by atoms with van der Waals surface area (Å²) in [6.07, 6.45) is 10.7. The van der Waals surface area contributed by atoms with Crippen molar-refractivity contribution in [1.82, 2.24) is 16.0 Å². The van der Waals surface area contributed by atoms with Crippen LogP contribution in [0.4, 0.5) is 0 Å². The molecule has 2 saturated carbocycles. The number of halogens is 1. The van der Waals surface area contributed by atoms with Gasteiger partial charge in [-0.2, -0.15) is 0 Å². The normalized spacial score (nSPS) is 26.3. The number of hydrogen-bond donors (Lipinski definition) is 3. The van der Waals surface area contributed by atoms with Crippen LogP contribution in [0.3, 0.4) is 0 Å². The van der Waals surface area contributed by atoms with Gasteiger partial charge in [0.1, 0.15) is 0 Å². The van der Waals surface area contributed by atoms with Crippen molar-refractivity contribution in [2.45, 2.75) is 63.5 Å². The van der Waals surface area contributed by atoms with E-state index < -0.39 is 0 Å². The lowest BCUT2D eigenvalue weighted by molar-refractivity contribution is -0.126. The average Bonchev–Trinajstić information content (AvgIpc) is 3.46. The molecular weight excluding hydrogens is 443 g/mol. The van der Waals surface area contributed by atoms with E-state index >= 15 is 0 Å². The summed E-state index contributed by atoms with van der Waals surface area (Å²) in [6.45, 7) is 2.46. The molecule has 0 bridgehead atoms. The highest BCUT2D eigenvalue weighted by atomic mass is 127. The summed E-state index contributed by atoms with van der Waals surface area (Å²) < 4.78 is 5.34. The molecule has 3 aliphatic rings. The van der Waals surface area contributed by atoms with Crippen LogP contribution < -0.4 is 16.0 Å². The summed E-state index contributed by atoms with van der Waals surface area (Å²) in [7, 11) is 1.81. The first-order chi connectivity index (χ1) is 12.2. The van der Waals surface area contributed by atoms with Crippen molar-refractivity contribution in [1.29, 1.82) is 0 Å². The molecule has 2 fully saturated rings. The van der Waals surface area contributed by atoms with Crippen LogP contribution in [0.1, 0.15) is 51.4 Å². The first-order valence-electron chi connectivity index (χ1n) is 9.78. The third-order valence-corrected chi connectivity index (χ3v) is 5.33. The topological polar surface area (TPSA) is 74.8 Å². The number of guanidine groups is 1. The summed E-state index contributed by atoms with van der Waals surface area (Å²) >= 11 is 0. The van der Waals surface area contributed by atoms with Crippen molar-refractivity contribution < 1.29 is 9.53 Å². The van der Waals surface area contributed by atoms with E-state index in [0.717, 1.165) is 77.1 Å². The van der Waals surface area contributed by atoms with Crippen molar-refractivity contribution in [2.75, 3.05) is 26.8 Å². The third kappa shape index (κ3) is 7.06. The van der Waals surface area contributed by atoms with E-state index in [1.54, 1.807) is 0 Å². The van der Waals surface area contributed by atoms with E-state index in [1.165, 1.54) is 5.57 Å². The molecule has 26 heavy (non-hydrogen) atoms. The van der Waals surface area contributed by atoms with Crippen molar-refractivity contribution in [2.24, 2.45) is 10.9 Å². The van der Waals surface area contributed by atoms with Crippen molar-refractivity contribution >= 4 is 35.8 Å². The highest BCUT2D eigenvalue weighted by Gasteiger charge is 2.31. The quantitative estimate of drug-likeness (QED) is 0.238. The second-order valence-electron chi connectivity index (χ2n) is 7.42. The van der Waals surface area contributed by atoms with Crippen molar-refractivity contribution in [3.63, 3.8) is 0 Å². The first-order valence-corrected chi connectivity index (χ1v) is 9.78. The Bertz CT molecular complexity index is 520. The number of hydrogen-bond acceptors (Lipinski definition) is 3. The van der Waals surface area contributed by atoms with Crippen LogP contribution in [0, 0.1) is 5.92 Å². The van der Waals surface area contributed by atoms with Gasteiger partial charge in [-0.25, -0.2) is 0 Å². The highest BCUT2D eigenvalue weighted by molar-refractivity contribution is 14.0. The fourth-order valence-corrected chi connectivity index (χ4v) is 3.63. The minimum atomic E-state index is 0. The Kier molecular flexibility index (Phi) is 9.18. The van der Waals surface area contributed by atoms with Crippen LogP contribution in [0.5, 0.6) is 0 Å². The summed E-state index contributed by atoms with van der Waals surface area (Å²) in [5, 5.41) is 10.1. The molecule has 0 saturated heterocycles. The summed E-state index contributed by atoms with van der Waals surface area (Å²) in [4.78, 5) is 16.6. The number of aliphatic imine (C=N–C) groups is 1. The molecule has 0 aromatic carbocycles. The van der Waals surface area contributed by atoms with E-state index in [9.17, 15) is 4.79 Å². The van der Waals surface area contributed by atoms with Gasteiger partial charge in [0, 0.05) is 31.6 Å². The van der Waals surface area contributed by atoms with Crippen LogP contribution in [0.15, 0.2) is 16.6 Å². The van der Waals surface area contributed by atoms with Crippen LogP contribution >= 0.6 is 24.0 Å². The molecule has 1 amide bonds. The van der Waals surface area contributed by atoms with Gasteiger partial charge in [0.05, 0.1) is 13.2 Å². The minimum absolute atomic E-state index is 0. The Morgan fingerprint density at radius 2 is 2.08 bits per heavy atom. The van der Waals surface area contributed by atoms with Crippen molar-refractivity contribution in [3.05, 3.63) is 11.6 Å². The van der Waals surface area contributed by atoms with Gasteiger partial charge in [0.25, 0.3) is 0 Å². The smallest absolute Gasteiger partial charge is 0.223 e. The Balaban J connectivity index is 0.00000243. The second-order valence-corrected chi connectivity index (χ2v) is 7.42. The van der Waals surface area contributed by atoms with Gasteiger partial charge < -0.3 is 20.7 Å². The van der Waals surface area contributed by atoms with E-state index in [2.05, 4.69) is 27.0 Å². The Labute approximate surface area is 174 Å². The van der Waals surface area contributed by atoms with Crippen LogP contribution in [-0.4, -0.2) is 50.8 Å². The number of carbonyl (C=O) groups is 1. The average molecular weight is 476 g/mol. The minimum Gasteiger partial charge on any atom is -0.377 e. The molecule has 0 spiro atoms. The molecule has 2 aliphatic carbocycles. The van der Waals surface area contributed by atoms with Gasteiger partial charge >= 0.3 is 0 Å². The molecule has 0 aromatic heterocycles. The Hall–Kier alpha value is -0.830. The second kappa shape index (κ2) is 11.1. The van der Waals surface area contributed by atoms with E-state index in [1.807, 2.05) is 7.05 Å². The van der Waals surface area contributed by atoms with Crippen LogP contribution in [0.25, 0.3) is 0 Å². The maximum Gasteiger partial charge on any atom is 0.223 e. The molecule has 2 atom stereocenters. The highest BCUT2D eigenvalue weighted by Crippen LogP contribution is 2.26. The standard InChI is InChI=1S/C19H32N4O2.HI/c1-20-19(21-10-7-14-8-11-25-12-9-14)23-17-4-2-3-15(13-17)18(24)22-16-5-6-16;/h8,15-17H,2-7,9-13H2,1H3,(H,22,24)(H2,20,21,23);1H. The molecule has 6 nitrogen and oxygen atoms in total. The van der Waals surface area contributed by atoms with Gasteiger partial charge in [0.15, 0.2) is 5.96 Å². The zero-order valence-electron chi connectivity index (χ0n) is 15.8. The zero-order chi connectivity index (χ0) is 17.5. The lowest BCUT2D eigenvalue weighted by atomic mass is 9.85. The third-order valence-electron chi connectivity index (χ3n) is 5.33. The SMILES string of the molecule is CN=C(NCCC1=CCOCC1)NC1CCCC(C(=O)NC2CC2)C1.I. The first kappa shape index (κ1) is 21.5. The molecule has 1 heterocycles. The zero-order valence-corrected chi connectivity index (χ0v) is 18.1. The number of carbonyl (C=O) groups excluding carboxylic acids is 1. The fraction of sp³-hybridized carbons (Fsp3) is 0.789.